The summed E-state index contributed by atoms with van der Waals surface area (Å²) in [7, 11) is 1.48. The molecular weight excluding hydrogens is 210 g/mol. The molecule has 0 saturated heterocycles. The fraction of sp³-hybridized carbons (Fsp3) is 0.818. The summed E-state index contributed by atoms with van der Waals surface area (Å²) in [6.45, 7) is 0.721. The van der Waals surface area contributed by atoms with Gasteiger partial charge in [0.2, 0.25) is 5.91 Å². The monoisotopic (exact) mass is 229 g/mol. The zero-order valence-corrected chi connectivity index (χ0v) is 9.57. The van der Waals surface area contributed by atoms with E-state index < -0.39 is 5.97 Å². The molecule has 1 saturated carbocycles. The Bertz CT molecular complexity index is 246. The second-order valence-corrected chi connectivity index (χ2v) is 4.29. The number of amides is 1. The van der Waals surface area contributed by atoms with Gasteiger partial charge in [0.15, 0.2) is 0 Å². The molecular formula is C11H19NO4. The van der Waals surface area contributed by atoms with E-state index in [1.165, 1.54) is 7.11 Å². The van der Waals surface area contributed by atoms with Gasteiger partial charge in [0.05, 0.1) is 5.92 Å². The van der Waals surface area contributed by atoms with Crippen LogP contribution in [0.5, 0.6) is 0 Å². The van der Waals surface area contributed by atoms with Crippen LogP contribution in [0, 0.1) is 11.8 Å². The molecule has 92 valence electrons. The highest BCUT2D eigenvalue weighted by Crippen LogP contribution is 2.28. The molecule has 0 aliphatic heterocycles. The molecule has 1 aliphatic rings. The van der Waals surface area contributed by atoms with Crippen molar-refractivity contribution in [3.8, 4) is 0 Å². The largest absolute Gasteiger partial charge is 0.481 e. The van der Waals surface area contributed by atoms with Crippen LogP contribution < -0.4 is 5.32 Å². The molecule has 0 unspecified atom stereocenters. The van der Waals surface area contributed by atoms with Crippen LogP contribution in [0.4, 0.5) is 0 Å². The van der Waals surface area contributed by atoms with Crippen LogP contribution in [0.1, 0.15) is 25.7 Å². The Kier molecular flexibility index (Phi) is 5.25. The third kappa shape index (κ3) is 4.18. The second-order valence-electron chi connectivity index (χ2n) is 4.29. The molecule has 16 heavy (non-hydrogen) atoms. The first kappa shape index (κ1) is 13.0. The highest BCUT2D eigenvalue weighted by Gasteiger charge is 2.25. The molecule has 0 radical (unpaired) electrons. The summed E-state index contributed by atoms with van der Waals surface area (Å²) in [5.41, 5.74) is 0. The Labute approximate surface area is 95.2 Å². The summed E-state index contributed by atoms with van der Waals surface area (Å²) in [6, 6.07) is 0. The summed E-state index contributed by atoms with van der Waals surface area (Å²) in [6.07, 6.45) is 3.20. The lowest BCUT2D eigenvalue weighted by Gasteiger charge is -2.26. The smallest absolute Gasteiger partial charge is 0.306 e. The Hall–Kier alpha value is -1.10. The van der Waals surface area contributed by atoms with E-state index in [2.05, 4.69) is 5.32 Å². The molecule has 0 aromatic heterocycles. The molecule has 0 bridgehead atoms. The highest BCUT2D eigenvalue weighted by molar-refractivity contribution is 5.77. The van der Waals surface area contributed by atoms with E-state index >= 15 is 0 Å². The van der Waals surface area contributed by atoms with Gasteiger partial charge in [0.1, 0.15) is 6.61 Å². The number of rotatable bonds is 5. The molecule has 5 heteroatoms. The molecule has 1 fully saturated rings. The lowest BCUT2D eigenvalue weighted by atomic mass is 9.82. The zero-order chi connectivity index (χ0) is 12.0. The minimum Gasteiger partial charge on any atom is -0.481 e. The molecule has 1 amide bonds. The Balaban J connectivity index is 2.17. The van der Waals surface area contributed by atoms with Crippen molar-refractivity contribution in [1.82, 2.24) is 5.32 Å². The number of ether oxygens (including phenoxy) is 1. The average Bonchev–Trinajstić information content (AvgIpc) is 2.27. The molecule has 0 heterocycles. The van der Waals surface area contributed by atoms with Gasteiger partial charge in [-0.05, 0) is 31.6 Å². The maximum atomic E-state index is 11.1. The van der Waals surface area contributed by atoms with E-state index in [4.69, 9.17) is 9.84 Å². The topological polar surface area (TPSA) is 75.6 Å². The lowest BCUT2D eigenvalue weighted by molar-refractivity contribution is -0.143. The zero-order valence-electron chi connectivity index (χ0n) is 9.57. The van der Waals surface area contributed by atoms with Gasteiger partial charge in [-0.3, -0.25) is 9.59 Å². The van der Waals surface area contributed by atoms with Crippen LogP contribution in [-0.2, 0) is 14.3 Å². The van der Waals surface area contributed by atoms with E-state index in [1.807, 2.05) is 0 Å². The summed E-state index contributed by atoms with van der Waals surface area (Å²) in [4.78, 5) is 21.9. The third-order valence-electron chi connectivity index (χ3n) is 3.06. The van der Waals surface area contributed by atoms with Crippen LogP contribution in [0.2, 0.25) is 0 Å². The molecule has 0 aromatic rings. The van der Waals surface area contributed by atoms with Crippen molar-refractivity contribution >= 4 is 11.9 Å². The molecule has 2 N–H and O–H groups in total. The first-order valence-electron chi connectivity index (χ1n) is 5.62. The van der Waals surface area contributed by atoms with Crippen LogP contribution in [0.3, 0.4) is 0 Å². The van der Waals surface area contributed by atoms with Crippen molar-refractivity contribution in [2.75, 3.05) is 20.3 Å². The Morgan fingerprint density at radius 1 is 1.31 bits per heavy atom. The van der Waals surface area contributed by atoms with Gasteiger partial charge < -0.3 is 15.2 Å². The number of carbonyl (C=O) groups excluding carboxylic acids is 1. The summed E-state index contributed by atoms with van der Waals surface area (Å²) in [5.74, 6) is -0.577. The normalized spacial score (nSPS) is 25.1. The van der Waals surface area contributed by atoms with Crippen LogP contribution in [0.25, 0.3) is 0 Å². The number of nitrogens with one attached hydrogen (secondary N) is 1. The van der Waals surface area contributed by atoms with Crippen molar-refractivity contribution in [1.29, 1.82) is 0 Å². The first-order chi connectivity index (χ1) is 7.63. The van der Waals surface area contributed by atoms with E-state index in [9.17, 15) is 9.59 Å². The highest BCUT2D eigenvalue weighted by atomic mass is 16.5. The van der Waals surface area contributed by atoms with Gasteiger partial charge in [-0.25, -0.2) is 0 Å². The van der Waals surface area contributed by atoms with Crippen molar-refractivity contribution < 1.29 is 19.4 Å². The van der Waals surface area contributed by atoms with E-state index in [0.29, 0.717) is 12.5 Å². The second kappa shape index (κ2) is 6.48. The third-order valence-corrected chi connectivity index (χ3v) is 3.06. The maximum Gasteiger partial charge on any atom is 0.306 e. The lowest BCUT2D eigenvalue weighted by Crippen LogP contribution is -2.34. The van der Waals surface area contributed by atoms with Gasteiger partial charge in [-0.2, -0.15) is 0 Å². The van der Waals surface area contributed by atoms with Crippen molar-refractivity contribution in [2.24, 2.45) is 11.8 Å². The van der Waals surface area contributed by atoms with Crippen molar-refractivity contribution in [3.63, 3.8) is 0 Å². The standard InChI is InChI=1S/C11H19NO4/c1-16-7-10(13)12-6-8-2-4-9(5-3-8)11(14)15/h8-9H,2-7H2,1H3,(H,12,13)(H,14,15). The Morgan fingerprint density at radius 3 is 2.44 bits per heavy atom. The van der Waals surface area contributed by atoms with Crippen LogP contribution in [0.15, 0.2) is 0 Å². The van der Waals surface area contributed by atoms with Crippen LogP contribution >= 0.6 is 0 Å². The first-order valence-corrected chi connectivity index (χ1v) is 5.62. The number of hydrogen-bond acceptors (Lipinski definition) is 3. The predicted molar refractivity (Wildman–Crippen MR) is 58.0 cm³/mol. The number of aliphatic carboxylic acids is 1. The number of carboxylic acids is 1. The van der Waals surface area contributed by atoms with Crippen molar-refractivity contribution in [3.05, 3.63) is 0 Å². The fourth-order valence-corrected chi connectivity index (χ4v) is 2.05. The van der Waals surface area contributed by atoms with Crippen molar-refractivity contribution in [2.45, 2.75) is 25.7 Å². The quantitative estimate of drug-likeness (QED) is 0.725. The number of hydrogen-bond donors (Lipinski definition) is 2. The number of carbonyl (C=O) groups is 2. The number of methoxy groups -OCH3 is 1. The molecule has 0 atom stereocenters. The SMILES string of the molecule is COCC(=O)NCC1CCC(C(=O)O)CC1. The summed E-state index contributed by atoms with van der Waals surface area (Å²) < 4.78 is 4.70. The predicted octanol–water partition coefficient (Wildman–Crippen LogP) is 0.640. The van der Waals surface area contributed by atoms with Gasteiger partial charge in [0, 0.05) is 13.7 Å². The average molecular weight is 229 g/mol. The fourth-order valence-electron chi connectivity index (χ4n) is 2.05. The van der Waals surface area contributed by atoms with Gasteiger partial charge in [-0.15, -0.1) is 0 Å². The molecule has 0 spiro atoms. The van der Waals surface area contributed by atoms with Crippen LogP contribution in [-0.4, -0.2) is 37.2 Å². The molecule has 1 rings (SSSR count). The van der Waals surface area contributed by atoms with E-state index in [0.717, 1.165) is 25.7 Å². The summed E-state index contributed by atoms with van der Waals surface area (Å²) >= 11 is 0. The Morgan fingerprint density at radius 2 is 1.94 bits per heavy atom. The molecule has 1 aliphatic carbocycles. The molecule has 0 aromatic carbocycles. The minimum atomic E-state index is -0.693. The number of carboxylic acid groups (broad SMARTS) is 1. The minimum absolute atomic E-state index is 0.0878. The molecule has 5 nitrogen and oxygen atoms in total. The van der Waals surface area contributed by atoms with Gasteiger partial charge >= 0.3 is 5.97 Å². The summed E-state index contributed by atoms with van der Waals surface area (Å²) in [5, 5.41) is 11.6. The maximum absolute atomic E-state index is 11.1. The van der Waals surface area contributed by atoms with E-state index in [-0.39, 0.29) is 18.4 Å². The van der Waals surface area contributed by atoms with E-state index in [1.54, 1.807) is 0 Å². The van der Waals surface area contributed by atoms with Gasteiger partial charge in [-0.1, -0.05) is 0 Å². The van der Waals surface area contributed by atoms with Gasteiger partial charge in [0.25, 0.3) is 0 Å².